The predicted octanol–water partition coefficient (Wildman–Crippen LogP) is 4.92. The molecule has 0 aliphatic heterocycles. The Hall–Kier alpha value is -1.55. The number of ether oxygens (including phenoxy) is 1. The van der Waals surface area contributed by atoms with Crippen molar-refractivity contribution in [3.63, 3.8) is 0 Å². The molecule has 0 N–H and O–H groups in total. The molecule has 0 saturated heterocycles. The maximum absolute atomic E-state index is 12.5. The number of carbonyl (C=O) groups is 1. The zero-order chi connectivity index (χ0) is 16.8. The Kier molecular flexibility index (Phi) is 8.26. The molecule has 5 heteroatoms. The van der Waals surface area contributed by atoms with Crippen LogP contribution in [0.3, 0.4) is 0 Å². The molecule has 0 fully saturated rings. The van der Waals surface area contributed by atoms with Crippen LogP contribution in [0, 0.1) is 6.92 Å². The third kappa shape index (κ3) is 5.82. The largest absolute Gasteiger partial charge is 0.454 e. The van der Waals surface area contributed by atoms with Crippen LogP contribution in [0.2, 0.25) is 5.02 Å². The van der Waals surface area contributed by atoms with Gasteiger partial charge >= 0.3 is 5.97 Å². The summed E-state index contributed by atoms with van der Waals surface area (Å²) in [5.41, 5.74) is 2.48. The lowest BCUT2D eigenvalue weighted by Gasteiger charge is -2.21. The number of hydrogen-bond donors (Lipinski definition) is 0. The van der Waals surface area contributed by atoms with Crippen molar-refractivity contribution < 1.29 is 9.53 Å². The van der Waals surface area contributed by atoms with Gasteiger partial charge in [0.1, 0.15) is 6.10 Å². The highest BCUT2D eigenvalue weighted by Crippen LogP contribution is 2.25. The molecule has 2 aromatic rings. The van der Waals surface area contributed by atoms with Gasteiger partial charge in [0, 0.05) is 18.0 Å². The quantitative estimate of drug-likeness (QED) is 0.678. The summed E-state index contributed by atoms with van der Waals surface area (Å²) in [4.78, 5) is 14.6. The van der Waals surface area contributed by atoms with Crippen LogP contribution >= 0.6 is 24.0 Å². The Morgan fingerprint density at radius 2 is 1.75 bits per heavy atom. The summed E-state index contributed by atoms with van der Waals surface area (Å²) in [6.45, 7) is 2.74. The summed E-state index contributed by atoms with van der Waals surface area (Å²) in [5.74, 6) is -0.290. The number of carbonyl (C=O) groups excluding carboxylic acids is 1. The fourth-order valence-corrected chi connectivity index (χ4v) is 2.47. The van der Waals surface area contributed by atoms with E-state index in [2.05, 4.69) is 4.90 Å². The van der Waals surface area contributed by atoms with Crippen LogP contribution in [0.15, 0.2) is 48.5 Å². The zero-order valence-electron chi connectivity index (χ0n) is 14.2. The average molecular weight is 368 g/mol. The van der Waals surface area contributed by atoms with Crippen LogP contribution < -0.4 is 0 Å². The molecule has 0 aliphatic carbocycles. The van der Waals surface area contributed by atoms with E-state index in [-0.39, 0.29) is 24.5 Å². The van der Waals surface area contributed by atoms with Gasteiger partial charge in [-0.3, -0.25) is 0 Å². The summed E-state index contributed by atoms with van der Waals surface area (Å²) < 4.78 is 5.79. The van der Waals surface area contributed by atoms with E-state index in [1.54, 1.807) is 6.07 Å². The van der Waals surface area contributed by atoms with Gasteiger partial charge in [-0.05, 0) is 50.3 Å². The molecular weight excluding hydrogens is 345 g/mol. The highest BCUT2D eigenvalue weighted by Gasteiger charge is 2.19. The van der Waals surface area contributed by atoms with E-state index in [1.807, 2.05) is 63.5 Å². The number of esters is 1. The molecule has 0 bridgehead atoms. The summed E-state index contributed by atoms with van der Waals surface area (Å²) >= 11 is 5.95. The number of benzene rings is 2. The van der Waals surface area contributed by atoms with Crippen LogP contribution in [-0.2, 0) is 4.74 Å². The number of halogens is 2. The molecule has 2 aromatic carbocycles. The van der Waals surface area contributed by atoms with Crippen molar-refractivity contribution in [2.24, 2.45) is 0 Å². The van der Waals surface area contributed by atoms with Crippen molar-refractivity contribution in [1.29, 1.82) is 0 Å². The lowest BCUT2D eigenvalue weighted by Crippen LogP contribution is -2.19. The van der Waals surface area contributed by atoms with Gasteiger partial charge in [-0.2, -0.15) is 0 Å². The lowest BCUT2D eigenvalue weighted by atomic mass is 10.1. The smallest absolute Gasteiger partial charge is 0.339 e. The third-order valence-corrected chi connectivity index (χ3v) is 3.95. The minimum atomic E-state index is -0.290. The van der Waals surface area contributed by atoms with Crippen molar-refractivity contribution in [3.05, 3.63) is 70.2 Å². The van der Waals surface area contributed by atoms with E-state index in [1.165, 1.54) is 0 Å². The number of nitrogens with zero attached hydrogens (tertiary/aromatic N) is 1. The molecule has 0 radical (unpaired) electrons. The van der Waals surface area contributed by atoms with Gasteiger partial charge in [-0.25, -0.2) is 4.79 Å². The summed E-state index contributed by atoms with van der Waals surface area (Å²) in [6, 6.07) is 14.9. The Labute approximate surface area is 155 Å². The highest BCUT2D eigenvalue weighted by molar-refractivity contribution is 6.30. The van der Waals surface area contributed by atoms with Crippen LogP contribution in [0.25, 0.3) is 0 Å². The normalized spacial score (nSPS) is 11.7. The van der Waals surface area contributed by atoms with Gasteiger partial charge in [0.25, 0.3) is 0 Å². The maximum Gasteiger partial charge on any atom is 0.339 e. The van der Waals surface area contributed by atoms with Crippen LogP contribution in [0.5, 0.6) is 0 Å². The van der Waals surface area contributed by atoms with Crippen LogP contribution in [0.1, 0.15) is 34.0 Å². The average Bonchev–Trinajstić information content (AvgIpc) is 2.52. The lowest BCUT2D eigenvalue weighted by molar-refractivity contribution is 0.0260. The Bertz CT molecular complexity index is 657. The minimum absolute atomic E-state index is 0. The molecule has 0 aliphatic rings. The van der Waals surface area contributed by atoms with Crippen molar-refractivity contribution in [1.82, 2.24) is 4.90 Å². The summed E-state index contributed by atoms with van der Waals surface area (Å²) in [6.07, 6.45) is 0.438. The first kappa shape index (κ1) is 20.5. The van der Waals surface area contributed by atoms with Gasteiger partial charge in [0.05, 0.1) is 5.56 Å². The van der Waals surface area contributed by atoms with E-state index >= 15 is 0 Å². The van der Waals surface area contributed by atoms with Crippen molar-refractivity contribution in [2.45, 2.75) is 19.4 Å². The van der Waals surface area contributed by atoms with Gasteiger partial charge < -0.3 is 9.64 Å². The predicted molar refractivity (Wildman–Crippen MR) is 101 cm³/mol. The molecule has 0 heterocycles. The molecule has 2 rings (SSSR count). The van der Waals surface area contributed by atoms with Crippen molar-refractivity contribution in [2.75, 3.05) is 20.6 Å². The Morgan fingerprint density at radius 1 is 1.12 bits per heavy atom. The summed E-state index contributed by atoms with van der Waals surface area (Å²) in [7, 11) is 4.00. The first-order valence-electron chi connectivity index (χ1n) is 7.64. The van der Waals surface area contributed by atoms with Crippen LogP contribution in [-0.4, -0.2) is 31.5 Å². The second-order valence-corrected chi connectivity index (χ2v) is 6.29. The first-order chi connectivity index (χ1) is 11.0. The third-order valence-electron chi connectivity index (χ3n) is 3.69. The molecular formula is C19H23Cl2NO2. The highest BCUT2D eigenvalue weighted by atomic mass is 35.5. The fourth-order valence-electron chi connectivity index (χ4n) is 2.34. The minimum Gasteiger partial charge on any atom is -0.454 e. The van der Waals surface area contributed by atoms with Gasteiger partial charge in [-0.1, -0.05) is 41.9 Å². The van der Waals surface area contributed by atoms with E-state index in [9.17, 15) is 4.79 Å². The van der Waals surface area contributed by atoms with Crippen molar-refractivity contribution >= 4 is 30.0 Å². The maximum atomic E-state index is 12.5. The van der Waals surface area contributed by atoms with E-state index in [4.69, 9.17) is 16.3 Å². The van der Waals surface area contributed by atoms with Gasteiger partial charge in [0.2, 0.25) is 0 Å². The number of rotatable bonds is 6. The Morgan fingerprint density at radius 3 is 2.33 bits per heavy atom. The first-order valence-corrected chi connectivity index (χ1v) is 8.02. The van der Waals surface area contributed by atoms with E-state index < -0.39 is 0 Å². The topological polar surface area (TPSA) is 29.5 Å². The van der Waals surface area contributed by atoms with Crippen molar-refractivity contribution in [3.8, 4) is 0 Å². The SMILES string of the molecule is Cc1ccccc1C(=O)OC(CCN(C)C)c1ccc(Cl)cc1.Cl. The second-order valence-electron chi connectivity index (χ2n) is 5.85. The molecule has 0 amide bonds. The van der Waals surface area contributed by atoms with E-state index in [0.717, 1.165) is 24.1 Å². The van der Waals surface area contributed by atoms with Crippen LogP contribution in [0.4, 0.5) is 0 Å². The molecule has 0 aromatic heterocycles. The molecule has 24 heavy (non-hydrogen) atoms. The van der Waals surface area contributed by atoms with E-state index in [0.29, 0.717) is 10.6 Å². The monoisotopic (exact) mass is 367 g/mol. The Balaban J connectivity index is 0.00000288. The molecule has 0 spiro atoms. The standard InChI is InChI=1S/C19H22ClNO2.ClH/c1-14-6-4-5-7-17(14)19(22)23-18(12-13-21(2)3)15-8-10-16(20)11-9-15;/h4-11,18H,12-13H2,1-3H3;1H. The zero-order valence-corrected chi connectivity index (χ0v) is 15.7. The molecule has 130 valence electrons. The number of hydrogen-bond acceptors (Lipinski definition) is 3. The molecule has 0 saturated carbocycles. The molecule has 1 atom stereocenters. The molecule has 3 nitrogen and oxygen atoms in total. The second kappa shape index (κ2) is 9.67. The fraction of sp³-hybridized carbons (Fsp3) is 0.316. The van der Waals surface area contributed by atoms with Gasteiger partial charge in [-0.15, -0.1) is 12.4 Å². The van der Waals surface area contributed by atoms with Gasteiger partial charge in [0.15, 0.2) is 0 Å². The molecule has 1 unspecified atom stereocenters. The summed E-state index contributed by atoms with van der Waals surface area (Å²) in [5, 5.41) is 0.672. The number of aryl methyl sites for hydroxylation is 1.